The molecule has 1 N–H and O–H groups in total. The van der Waals surface area contributed by atoms with Crippen LogP contribution in [-0.2, 0) is 4.79 Å². The molecule has 4 nitrogen and oxygen atoms in total. The Morgan fingerprint density at radius 1 is 1.50 bits per heavy atom. The third-order valence-electron chi connectivity index (χ3n) is 2.50. The zero-order valence-electron chi connectivity index (χ0n) is 10.4. The summed E-state index contributed by atoms with van der Waals surface area (Å²) in [7, 11) is 3.50. The second-order valence-corrected chi connectivity index (χ2v) is 5.96. The number of aromatic nitrogens is 2. The Labute approximate surface area is 115 Å². The Morgan fingerprint density at radius 3 is 2.89 bits per heavy atom. The molecule has 0 aliphatic carbocycles. The van der Waals surface area contributed by atoms with Crippen LogP contribution in [0.2, 0.25) is 5.02 Å². The van der Waals surface area contributed by atoms with Crippen molar-refractivity contribution in [2.75, 3.05) is 14.1 Å². The average Bonchev–Trinajstić information content (AvgIpc) is 2.68. The Bertz CT molecular complexity index is 582. The van der Waals surface area contributed by atoms with Crippen molar-refractivity contribution < 1.29 is 4.79 Å². The number of benzene rings is 1. The number of halogens is 1. The van der Waals surface area contributed by atoms with Gasteiger partial charge in [0.1, 0.15) is 0 Å². The van der Waals surface area contributed by atoms with Gasteiger partial charge >= 0.3 is 0 Å². The molecule has 1 heterocycles. The zero-order valence-corrected chi connectivity index (χ0v) is 12.0. The zero-order chi connectivity index (χ0) is 13.3. The minimum absolute atomic E-state index is 0.0680. The largest absolute Gasteiger partial charge is 0.348 e. The molecule has 6 heteroatoms. The van der Waals surface area contributed by atoms with Crippen molar-refractivity contribution in [1.29, 1.82) is 0 Å². The number of nitrogens with one attached hydrogen (secondary N) is 1. The summed E-state index contributed by atoms with van der Waals surface area (Å²) in [5, 5.41) is 1.23. The van der Waals surface area contributed by atoms with E-state index in [4.69, 9.17) is 11.6 Å². The number of nitrogens with zero attached hydrogens (tertiary/aromatic N) is 2. The third kappa shape index (κ3) is 2.79. The number of rotatable bonds is 3. The molecule has 0 aliphatic rings. The van der Waals surface area contributed by atoms with Gasteiger partial charge in [0, 0.05) is 19.1 Å². The first-order valence-electron chi connectivity index (χ1n) is 5.50. The van der Waals surface area contributed by atoms with Crippen molar-refractivity contribution in [3.05, 3.63) is 23.2 Å². The molecule has 0 aliphatic heterocycles. The second kappa shape index (κ2) is 5.20. The highest BCUT2D eigenvalue weighted by molar-refractivity contribution is 8.00. The van der Waals surface area contributed by atoms with Crippen molar-refractivity contribution in [2.45, 2.75) is 17.3 Å². The van der Waals surface area contributed by atoms with E-state index in [1.165, 1.54) is 11.8 Å². The van der Waals surface area contributed by atoms with Gasteiger partial charge in [0.2, 0.25) is 5.91 Å². The highest BCUT2D eigenvalue weighted by Gasteiger charge is 2.17. The van der Waals surface area contributed by atoms with Crippen molar-refractivity contribution in [1.82, 2.24) is 14.9 Å². The Morgan fingerprint density at radius 2 is 2.22 bits per heavy atom. The summed E-state index contributed by atoms with van der Waals surface area (Å²) >= 11 is 7.32. The van der Waals surface area contributed by atoms with E-state index in [0.29, 0.717) is 5.02 Å². The number of hydrogen-bond donors (Lipinski definition) is 1. The fraction of sp³-hybridized carbons (Fsp3) is 0.333. The lowest BCUT2D eigenvalue weighted by Crippen LogP contribution is -2.29. The summed E-state index contributed by atoms with van der Waals surface area (Å²) in [6, 6.07) is 5.48. The summed E-state index contributed by atoms with van der Waals surface area (Å²) in [5.41, 5.74) is 1.74. The number of H-pyrrole nitrogens is 1. The molecular formula is C12H14ClN3OS. The number of carbonyl (C=O) groups is 1. The van der Waals surface area contributed by atoms with Gasteiger partial charge in [0.05, 0.1) is 16.3 Å². The van der Waals surface area contributed by atoms with E-state index in [2.05, 4.69) is 9.97 Å². The molecule has 1 aromatic carbocycles. The van der Waals surface area contributed by atoms with E-state index >= 15 is 0 Å². The molecule has 0 bridgehead atoms. The maximum atomic E-state index is 11.8. The SMILES string of the molecule is CC(Sc1nc2ccc(Cl)cc2[nH]1)C(=O)N(C)C. The smallest absolute Gasteiger partial charge is 0.235 e. The fourth-order valence-electron chi connectivity index (χ4n) is 1.60. The van der Waals surface area contributed by atoms with Crippen LogP contribution in [0.15, 0.2) is 23.4 Å². The lowest BCUT2D eigenvalue weighted by atomic mass is 10.3. The van der Waals surface area contributed by atoms with Crippen LogP contribution in [0, 0.1) is 0 Å². The summed E-state index contributed by atoms with van der Waals surface area (Å²) in [4.78, 5) is 20.9. The van der Waals surface area contributed by atoms with Crippen LogP contribution in [0.25, 0.3) is 11.0 Å². The standard InChI is InChI=1S/C12H14ClN3OS/c1-7(11(17)16(2)3)18-12-14-9-5-4-8(13)6-10(9)15-12/h4-7H,1-3H3,(H,14,15). The fourth-order valence-corrected chi connectivity index (χ4v) is 2.73. The van der Waals surface area contributed by atoms with E-state index in [1.54, 1.807) is 25.1 Å². The Hall–Kier alpha value is -1.20. The normalized spacial score (nSPS) is 12.7. The van der Waals surface area contributed by atoms with E-state index in [-0.39, 0.29) is 11.2 Å². The first-order valence-corrected chi connectivity index (χ1v) is 6.76. The maximum absolute atomic E-state index is 11.8. The topological polar surface area (TPSA) is 49.0 Å². The molecule has 2 rings (SSSR count). The van der Waals surface area contributed by atoms with Crippen molar-refractivity contribution in [3.63, 3.8) is 0 Å². The van der Waals surface area contributed by atoms with Crippen LogP contribution in [0.5, 0.6) is 0 Å². The molecule has 2 aromatic rings. The van der Waals surface area contributed by atoms with Crippen LogP contribution >= 0.6 is 23.4 Å². The first-order chi connectivity index (χ1) is 8.47. The van der Waals surface area contributed by atoms with Crippen LogP contribution in [-0.4, -0.2) is 40.1 Å². The molecule has 18 heavy (non-hydrogen) atoms. The van der Waals surface area contributed by atoms with Gasteiger partial charge in [-0.25, -0.2) is 4.98 Å². The quantitative estimate of drug-likeness (QED) is 0.881. The van der Waals surface area contributed by atoms with Gasteiger partial charge in [0.25, 0.3) is 0 Å². The van der Waals surface area contributed by atoms with E-state index in [0.717, 1.165) is 16.2 Å². The predicted molar refractivity (Wildman–Crippen MR) is 75.1 cm³/mol. The molecule has 0 fully saturated rings. The average molecular weight is 284 g/mol. The molecule has 1 amide bonds. The van der Waals surface area contributed by atoms with Crippen LogP contribution < -0.4 is 0 Å². The lowest BCUT2D eigenvalue weighted by Gasteiger charge is -2.14. The summed E-state index contributed by atoms with van der Waals surface area (Å²) in [6.07, 6.45) is 0. The lowest BCUT2D eigenvalue weighted by molar-refractivity contribution is -0.127. The van der Waals surface area contributed by atoms with Gasteiger partial charge in [-0.15, -0.1) is 0 Å². The van der Waals surface area contributed by atoms with Gasteiger partial charge in [-0.05, 0) is 25.1 Å². The van der Waals surface area contributed by atoms with E-state index < -0.39 is 0 Å². The second-order valence-electron chi connectivity index (χ2n) is 4.20. The van der Waals surface area contributed by atoms with Gasteiger partial charge in [-0.2, -0.15) is 0 Å². The number of hydrogen-bond acceptors (Lipinski definition) is 3. The number of fused-ring (bicyclic) bond motifs is 1. The van der Waals surface area contributed by atoms with E-state index in [9.17, 15) is 4.79 Å². The predicted octanol–water partition coefficient (Wildman–Crippen LogP) is 2.79. The van der Waals surface area contributed by atoms with Gasteiger partial charge in [-0.1, -0.05) is 23.4 Å². The molecule has 0 saturated carbocycles. The van der Waals surface area contributed by atoms with Crippen LogP contribution in [0.1, 0.15) is 6.92 Å². The highest BCUT2D eigenvalue weighted by Crippen LogP contribution is 2.25. The summed E-state index contributed by atoms with van der Waals surface area (Å²) in [5.74, 6) is 0.0680. The summed E-state index contributed by atoms with van der Waals surface area (Å²) < 4.78 is 0. The molecule has 1 unspecified atom stereocenters. The number of aromatic amines is 1. The maximum Gasteiger partial charge on any atom is 0.235 e. The Kier molecular flexibility index (Phi) is 3.82. The number of carbonyl (C=O) groups excluding carboxylic acids is 1. The molecule has 0 spiro atoms. The molecule has 0 radical (unpaired) electrons. The highest BCUT2D eigenvalue weighted by atomic mass is 35.5. The number of thioether (sulfide) groups is 1. The van der Waals surface area contributed by atoms with Crippen molar-refractivity contribution in [3.8, 4) is 0 Å². The van der Waals surface area contributed by atoms with E-state index in [1.807, 2.05) is 19.1 Å². The van der Waals surface area contributed by atoms with Crippen molar-refractivity contribution in [2.24, 2.45) is 0 Å². The van der Waals surface area contributed by atoms with Crippen molar-refractivity contribution >= 4 is 40.3 Å². The number of imidazole rings is 1. The minimum Gasteiger partial charge on any atom is -0.348 e. The first kappa shape index (κ1) is 13.2. The molecular weight excluding hydrogens is 270 g/mol. The Balaban J connectivity index is 2.19. The minimum atomic E-state index is -0.170. The van der Waals surface area contributed by atoms with Crippen LogP contribution in [0.3, 0.4) is 0 Å². The van der Waals surface area contributed by atoms with Crippen LogP contribution in [0.4, 0.5) is 0 Å². The van der Waals surface area contributed by atoms with Gasteiger partial charge in [-0.3, -0.25) is 4.79 Å². The molecule has 96 valence electrons. The van der Waals surface area contributed by atoms with Gasteiger partial charge < -0.3 is 9.88 Å². The summed E-state index contributed by atoms with van der Waals surface area (Å²) in [6.45, 7) is 1.87. The molecule has 1 atom stereocenters. The number of amides is 1. The van der Waals surface area contributed by atoms with Gasteiger partial charge in [0.15, 0.2) is 5.16 Å². The molecule has 1 aromatic heterocycles. The molecule has 0 saturated heterocycles. The monoisotopic (exact) mass is 283 g/mol. The third-order valence-corrected chi connectivity index (χ3v) is 3.71.